The molecule has 5 rings (SSSR count). The number of rotatable bonds is 5. The van der Waals surface area contributed by atoms with Gasteiger partial charge in [-0.15, -0.1) is 0 Å². The standard InChI is InChI=1S/C32H24I2O5/c1-32(27-16-22(33)17-28(34)31(27)39,25-14-20(6-12-29(25)37)18-2-8-23(35)9-3-18)26-15-21(7-13-30(26)38)19-4-10-24(36)11-5-19/h2-17,35-39H,1H3. The lowest BCUT2D eigenvalue weighted by molar-refractivity contribution is 0.427. The van der Waals surface area contributed by atoms with Crippen molar-refractivity contribution in [2.45, 2.75) is 12.3 Å². The van der Waals surface area contributed by atoms with Crippen LogP contribution in [0.5, 0.6) is 28.7 Å². The number of halogens is 2. The average molecular weight is 742 g/mol. The van der Waals surface area contributed by atoms with Gasteiger partial charge in [0.05, 0.1) is 8.99 Å². The molecule has 0 atom stereocenters. The molecule has 5 aromatic carbocycles. The molecule has 0 aliphatic rings. The van der Waals surface area contributed by atoms with Gasteiger partial charge >= 0.3 is 0 Å². The van der Waals surface area contributed by atoms with E-state index < -0.39 is 5.41 Å². The minimum Gasteiger partial charge on any atom is -0.508 e. The molecule has 0 spiro atoms. The zero-order valence-electron chi connectivity index (χ0n) is 20.7. The van der Waals surface area contributed by atoms with E-state index in [1.54, 1.807) is 72.8 Å². The van der Waals surface area contributed by atoms with Crippen molar-refractivity contribution in [3.8, 4) is 51.0 Å². The molecule has 0 unspecified atom stereocenters. The van der Waals surface area contributed by atoms with Crippen LogP contribution >= 0.6 is 45.2 Å². The van der Waals surface area contributed by atoms with E-state index in [4.69, 9.17) is 0 Å². The highest BCUT2D eigenvalue weighted by atomic mass is 127. The van der Waals surface area contributed by atoms with Crippen LogP contribution < -0.4 is 0 Å². The fourth-order valence-electron chi connectivity index (χ4n) is 4.92. The lowest BCUT2D eigenvalue weighted by atomic mass is 9.69. The van der Waals surface area contributed by atoms with E-state index in [0.717, 1.165) is 25.8 Å². The van der Waals surface area contributed by atoms with Crippen LogP contribution in [0.15, 0.2) is 97.1 Å². The van der Waals surface area contributed by atoms with E-state index in [-0.39, 0.29) is 28.7 Å². The Kier molecular flexibility index (Phi) is 7.39. The molecule has 0 fully saturated rings. The van der Waals surface area contributed by atoms with Crippen LogP contribution in [0.2, 0.25) is 0 Å². The summed E-state index contributed by atoms with van der Waals surface area (Å²) in [5.41, 5.74) is 3.55. The third kappa shape index (κ3) is 5.12. The van der Waals surface area contributed by atoms with Crippen molar-refractivity contribution in [1.82, 2.24) is 0 Å². The van der Waals surface area contributed by atoms with Crippen molar-refractivity contribution in [2.24, 2.45) is 0 Å². The van der Waals surface area contributed by atoms with Crippen molar-refractivity contribution in [2.75, 3.05) is 0 Å². The Morgan fingerprint density at radius 1 is 0.487 bits per heavy atom. The summed E-state index contributed by atoms with van der Waals surface area (Å²) in [5.74, 6) is 0.363. The second-order valence-electron chi connectivity index (χ2n) is 9.47. The maximum atomic E-state index is 11.4. The molecule has 0 saturated heterocycles. The van der Waals surface area contributed by atoms with Crippen molar-refractivity contribution in [3.63, 3.8) is 0 Å². The number of phenols is 5. The van der Waals surface area contributed by atoms with Crippen LogP contribution in [0.25, 0.3) is 22.3 Å². The van der Waals surface area contributed by atoms with Crippen LogP contribution in [0.1, 0.15) is 23.6 Å². The minimum absolute atomic E-state index is 0.00253. The Morgan fingerprint density at radius 2 is 0.897 bits per heavy atom. The smallest absolute Gasteiger partial charge is 0.133 e. The predicted octanol–water partition coefficient (Wildman–Crippen LogP) is 8.11. The van der Waals surface area contributed by atoms with E-state index >= 15 is 0 Å². The second kappa shape index (κ2) is 10.6. The molecule has 0 radical (unpaired) electrons. The van der Waals surface area contributed by atoms with E-state index in [1.807, 2.05) is 31.2 Å². The molecule has 0 saturated carbocycles. The van der Waals surface area contributed by atoms with Crippen LogP contribution in [0.4, 0.5) is 0 Å². The van der Waals surface area contributed by atoms with Gasteiger partial charge in [-0.25, -0.2) is 0 Å². The van der Waals surface area contributed by atoms with Crippen LogP contribution in [0.3, 0.4) is 0 Å². The molecule has 7 heteroatoms. The summed E-state index contributed by atoms with van der Waals surface area (Å²) in [6.45, 7) is 1.87. The molecular weight excluding hydrogens is 718 g/mol. The first-order valence-corrected chi connectivity index (χ1v) is 14.2. The van der Waals surface area contributed by atoms with E-state index in [1.165, 1.54) is 0 Å². The Bertz CT molecular complexity index is 1580. The Morgan fingerprint density at radius 3 is 1.33 bits per heavy atom. The molecule has 0 aromatic heterocycles. The number of hydrogen-bond acceptors (Lipinski definition) is 5. The maximum Gasteiger partial charge on any atom is 0.133 e. The molecule has 0 aliphatic carbocycles. The molecule has 0 amide bonds. The van der Waals surface area contributed by atoms with E-state index in [2.05, 4.69) is 45.2 Å². The van der Waals surface area contributed by atoms with Gasteiger partial charge in [0.2, 0.25) is 0 Å². The summed E-state index contributed by atoms with van der Waals surface area (Å²) in [6, 6.07) is 27.8. The SMILES string of the molecule is CC(c1cc(-c2ccc(O)cc2)ccc1O)(c1cc(-c2ccc(O)cc2)ccc1O)c1cc(I)cc(I)c1O. The minimum atomic E-state index is -1.20. The quantitative estimate of drug-likeness (QED) is 0.0926. The molecule has 5 nitrogen and oxygen atoms in total. The topological polar surface area (TPSA) is 101 Å². The van der Waals surface area contributed by atoms with Gasteiger partial charge in [-0.2, -0.15) is 0 Å². The lowest BCUT2D eigenvalue weighted by Crippen LogP contribution is -2.26. The van der Waals surface area contributed by atoms with Gasteiger partial charge in [-0.3, -0.25) is 0 Å². The van der Waals surface area contributed by atoms with Gasteiger partial charge in [0.15, 0.2) is 0 Å². The monoisotopic (exact) mass is 742 g/mol. The van der Waals surface area contributed by atoms with Gasteiger partial charge in [0.1, 0.15) is 28.7 Å². The molecule has 196 valence electrons. The zero-order valence-corrected chi connectivity index (χ0v) is 25.0. The number of phenolic OH excluding ortho intramolecular Hbond substituents is 5. The van der Waals surface area contributed by atoms with Crippen LogP contribution in [0, 0.1) is 7.14 Å². The third-order valence-electron chi connectivity index (χ3n) is 7.04. The summed E-state index contributed by atoms with van der Waals surface area (Å²) in [5, 5.41) is 53.5. The molecule has 5 aromatic rings. The summed E-state index contributed by atoms with van der Waals surface area (Å²) >= 11 is 4.28. The van der Waals surface area contributed by atoms with Gasteiger partial charge in [-0.1, -0.05) is 36.4 Å². The fourth-order valence-corrected chi connectivity index (χ4v) is 6.77. The van der Waals surface area contributed by atoms with E-state index in [9.17, 15) is 25.5 Å². The van der Waals surface area contributed by atoms with Gasteiger partial charge < -0.3 is 25.5 Å². The average Bonchev–Trinajstić information content (AvgIpc) is 2.92. The molecule has 39 heavy (non-hydrogen) atoms. The second-order valence-corrected chi connectivity index (χ2v) is 11.9. The molecule has 0 heterocycles. The predicted molar refractivity (Wildman–Crippen MR) is 170 cm³/mol. The first-order valence-electron chi connectivity index (χ1n) is 12.0. The Hall–Kier alpha value is -3.44. The van der Waals surface area contributed by atoms with Gasteiger partial charge in [-0.05, 0) is 135 Å². The van der Waals surface area contributed by atoms with Crippen molar-refractivity contribution < 1.29 is 25.5 Å². The molecule has 5 N–H and O–H groups in total. The first-order chi connectivity index (χ1) is 18.6. The largest absolute Gasteiger partial charge is 0.508 e. The lowest BCUT2D eigenvalue weighted by Gasteiger charge is -2.34. The van der Waals surface area contributed by atoms with E-state index in [0.29, 0.717) is 20.3 Å². The summed E-state index contributed by atoms with van der Waals surface area (Å²) in [4.78, 5) is 0. The number of aromatic hydroxyl groups is 5. The highest BCUT2D eigenvalue weighted by Gasteiger charge is 2.39. The number of hydrogen-bond donors (Lipinski definition) is 5. The summed E-state index contributed by atoms with van der Waals surface area (Å²) < 4.78 is 1.53. The zero-order chi connectivity index (χ0) is 27.9. The highest BCUT2D eigenvalue weighted by Crippen LogP contribution is 2.51. The van der Waals surface area contributed by atoms with Crippen molar-refractivity contribution in [1.29, 1.82) is 0 Å². The van der Waals surface area contributed by atoms with Gasteiger partial charge in [0, 0.05) is 20.3 Å². The molecule has 0 bridgehead atoms. The first kappa shape index (κ1) is 27.1. The Labute approximate surface area is 253 Å². The highest BCUT2D eigenvalue weighted by molar-refractivity contribution is 14.1. The van der Waals surface area contributed by atoms with Crippen LogP contribution in [-0.4, -0.2) is 25.5 Å². The van der Waals surface area contributed by atoms with Crippen molar-refractivity contribution in [3.05, 3.63) is 121 Å². The summed E-state index contributed by atoms with van der Waals surface area (Å²) in [6.07, 6.45) is 0. The molecular formula is C32H24I2O5. The molecule has 0 aliphatic heterocycles. The van der Waals surface area contributed by atoms with Crippen molar-refractivity contribution >= 4 is 45.2 Å². The van der Waals surface area contributed by atoms with Crippen LogP contribution in [-0.2, 0) is 5.41 Å². The normalized spacial score (nSPS) is 11.5. The third-order valence-corrected chi connectivity index (χ3v) is 8.48. The maximum absolute atomic E-state index is 11.4. The van der Waals surface area contributed by atoms with Gasteiger partial charge in [0.25, 0.3) is 0 Å². The Balaban J connectivity index is 1.82. The summed E-state index contributed by atoms with van der Waals surface area (Å²) in [7, 11) is 0. The number of benzene rings is 5. The fraction of sp³-hybridized carbons (Fsp3) is 0.0625.